The molecule has 2 aromatic rings. The van der Waals surface area contributed by atoms with Crippen LogP contribution in [0.5, 0.6) is 11.5 Å². The van der Waals surface area contributed by atoms with E-state index in [1.807, 2.05) is 20.1 Å². The van der Waals surface area contributed by atoms with Crippen LogP contribution in [0.15, 0.2) is 23.4 Å². The maximum absolute atomic E-state index is 12.5. The van der Waals surface area contributed by atoms with Gasteiger partial charge >= 0.3 is 6.61 Å². The van der Waals surface area contributed by atoms with E-state index in [-0.39, 0.29) is 17.4 Å². The highest BCUT2D eigenvalue weighted by Gasteiger charge is 2.12. The molecule has 0 atom stereocenters. The standard InChI is InChI=1S/C20H25F2N3O3S/c1-12-15(13(2)25-20(24-12)29-4)6-8-18(26)23-10-9-14-5-7-16(27-3)17(11-14)28-19(21)22/h5,7,11,19H,6,8-10H2,1-4H3,(H,23,26). The van der Waals surface area contributed by atoms with Gasteiger partial charge in [-0.05, 0) is 56.2 Å². The molecule has 1 aromatic heterocycles. The summed E-state index contributed by atoms with van der Waals surface area (Å²) in [4.78, 5) is 21.0. The van der Waals surface area contributed by atoms with Crippen LogP contribution >= 0.6 is 11.8 Å². The number of aryl methyl sites for hydroxylation is 2. The van der Waals surface area contributed by atoms with Gasteiger partial charge in [0.1, 0.15) is 0 Å². The zero-order valence-corrected chi connectivity index (χ0v) is 17.7. The lowest BCUT2D eigenvalue weighted by molar-refractivity contribution is -0.121. The lowest BCUT2D eigenvalue weighted by Gasteiger charge is -2.12. The molecule has 0 spiro atoms. The van der Waals surface area contributed by atoms with Crippen LogP contribution in [0.3, 0.4) is 0 Å². The van der Waals surface area contributed by atoms with Crippen molar-refractivity contribution in [3.8, 4) is 11.5 Å². The number of ether oxygens (including phenoxy) is 2. The second kappa shape index (κ2) is 10.9. The van der Waals surface area contributed by atoms with Crippen LogP contribution in [-0.2, 0) is 17.6 Å². The van der Waals surface area contributed by atoms with E-state index in [0.29, 0.717) is 25.8 Å². The molecular formula is C20H25F2N3O3S. The smallest absolute Gasteiger partial charge is 0.387 e. The van der Waals surface area contributed by atoms with Gasteiger partial charge in [0.15, 0.2) is 16.7 Å². The van der Waals surface area contributed by atoms with Crippen molar-refractivity contribution < 1.29 is 23.0 Å². The highest BCUT2D eigenvalue weighted by molar-refractivity contribution is 7.98. The minimum Gasteiger partial charge on any atom is -0.493 e. The summed E-state index contributed by atoms with van der Waals surface area (Å²) in [6.45, 7) is 1.30. The van der Waals surface area contributed by atoms with E-state index in [1.165, 1.54) is 24.9 Å². The first-order chi connectivity index (χ1) is 13.8. The Kier molecular flexibility index (Phi) is 8.63. The monoisotopic (exact) mass is 425 g/mol. The van der Waals surface area contributed by atoms with Gasteiger partial charge in [0, 0.05) is 24.4 Å². The number of hydrogen-bond donors (Lipinski definition) is 1. The molecule has 6 nitrogen and oxygen atoms in total. The summed E-state index contributed by atoms with van der Waals surface area (Å²) in [6.07, 6.45) is 3.30. The fraction of sp³-hybridized carbons (Fsp3) is 0.450. The summed E-state index contributed by atoms with van der Waals surface area (Å²) in [5.41, 5.74) is 3.52. The number of alkyl halides is 2. The Balaban J connectivity index is 1.86. The van der Waals surface area contributed by atoms with Crippen LogP contribution < -0.4 is 14.8 Å². The zero-order valence-electron chi connectivity index (χ0n) is 16.9. The van der Waals surface area contributed by atoms with Crippen LogP contribution in [-0.4, -0.2) is 42.4 Å². The molecular weight excluding hydrogens is 400 g/mol. The molecule has 0 saturated carbocycles. The van der Waals surface area contributed by atoms with Crippen molar-refractivity contribution >= 4 is 17.7 Å². The Bertz CT molecular complexity index is 827. The number of benzene rings is 1. The van der Waals surface area contributed by atoms with Crippen molar-refractivity contribution in [3.63, 3.8) is 0 Å². The molecule has 158 valence electrons. The number of methoxy groups -OCH3 is 1. The van der Waals surface area contributed by atoms with Crippen molar-refractivity contribution in [2.24, 2.45) is 0 Å². The normalized spacial score (nSPS) is 10.9. The van der Waals surface area contributed by atoms with Crippen molar-refractivity contribution in [2.45, 2.75) is 44.9 Å². The van der Waals surface area contributed by atoms with Crippen LogP contribution in [0, 0.1) is 13.8 Å². The topological polar surface area (TPSA) is 73.3 Å². The molecule has 0 saturated heterocycles. The van der Waals surface area contributed by atoms with E-state index < -0.39 is 6.61 Å². The number of carbonyl (C=O) groups is 1. The Labute approximate surface area is 173 Å². The minimum atomic E-state index is -2.93. The number of hydrogen-bond acceptors (Lipinski definition) is 6. The van der Waals surface area contributed by atoms with Gasteiger partial charge in [0.2, 0.25) is 5.91 Å². The number of thioether (sulfide) groups is 1. The number of amides is 1. The molecule has 1 aromatic carbocycles. The van der Waals surface area contributed by atoms with E-state index in [1.54, 1.807) is 12.1 Å². The van der Waals surface area contributed by atoms with Crippen LogP contribution in [0.1, 0.15) is 28.9 Å². The minimum absolute atomic E-state index is 0.0223. The molecule has 1 heterocycles. The summed E-state index contributed by atoms with van der Waals surface area (Å²) in [5, 5.41) is 3.57. The van der Waals surface area contributed by atoms with Gasteiger partial charge in [-0.1, -0.05) is 17.8 Å². The van der Waals surface area contributed by atoms with Gasteiger partial charge in [-0.2, -0.15) is 8.78 Å². The number of nitrogens with one attached hydrogen (secondary N) is 1. The molecule has 0 aliphatic heterocycles. The molecule has 0 fully saturated rings. The maximum atomic E-state index is 12.5. The van der Waals surface area contributed by atoms with Gasteiger partial charge in [0.25, 0.3) is 0 Å². The zero-order chi connectivity index (χ0) is 21.4. The van der Waals surface area contributed by atoms with E-state index in [0.717, 1.165) is 27.7 Å². The van der Waals surface area contributed by atoms with E-state index in [9.17, 15) is 13.6 Å². The predicted molar refractivity (Wildman–Crippen MR) is 108 cm³/mol. The fourth-order valence-electron chi connectivity index (χ4n) is 2.90. The van der Waals surface area contributed by atoms with Gasteiger partial charge in [0.05, 0.1) is 7.11 Å². The molecule has 29 heavy (non-hydrogen) atoms. The van der Waals surface area contributed by atoms with Crippen molar-refractivity contribution in [1.82, 2.24) is 15.3 Å². The van der Waals surface area contributed by atoms with E-state index in [2.05, 4.69) is 20.0 Å². The number of carbonyl (C=O) groups excluding carboxylic acids is 1. The van der Waals surface area contributed by atoms with E-state index >= 15 is 0 Å². The number of aromatic nitrogens is 2. The highest BCUT2D eigenvalue weighted by atomic mass is 32.2. The quantitative estimate of drug-likeness (QED) is 0.462. The largest absolute Gasteiger partial charge is 0.493 e. The summed E-state index contributed by atoms with van der Waals surface area (Å²) < 4.78 is 34.5. The lowest BCUT2D eigenvalue weighted by atomic mass is 10.1. The maximum Gasteiger partial charge on any atom is 0.387 e. The molecule has 0 bridgehead atoms. The van der Waals surface area contributed by atoms with Crippen LogP contribution in [0.25, 0.3) is 0 Å². The van der Waals surface area contributed by atoms with Gasteiger partial charge in [-0.3, -0.25) is 4.79 Å². The van der Waals surface area contributed by atoms with Gasteiger partial charge in [-0.15, -0.1) is 0 Å². The second-order valence-electron chi connectivity index (χ2n) is 6.32. The average Bonchev–Trinajstić information content (AvgIpc) is 2.67. The predicted octanol–water partition coefficient (Wildman–Crippen LogP) is 3.72. The molecule has 0 aliphatic carbocycles. The summed E-state index contributed by atoms with van der Waals surface area (Å²) in [7, 11) is 1.39. The Hall–Kier alpha value is -2.42. The van der Waals surface area contributed by atoms with Gasteiger partial charge < -0.3 is 14.8 Å². The summed E-state index contributed by atoms with van der Waals surface area (Å²) in [6, 6.07) is 4.81. The highest BCUT2D eigenvalue weighted by Crippen LogP contribution is 2.29. The molecule has 2 rings (SSSR count). The fourth-order valence-corrected chi connectivity index (χ4v) is 3.36. The molecule has 0 radical (unpaired) electrons. The average molecular weight is 426 g/mol. The van der Waals surface area contributed by atoms with Gasteiger partial charge in [-0.25, -0.2) is 9.97 Å². The SMILES string of the molecule is COc1ccc(CCNC(=O)CCc2c(C)nc(SC)nc2C)cc1OC(F)F. The van der Waals surface area contributed by atoms with Crippen molar-refractivity contribution in [3.05, 3.63) is 40.7 Å². The Morgan fingerprint density at radius 2 is 1.86 bits per heavy atom. The van der Waals surface area contributed by atoms with E-state index in [4.69, 9.17) is 4.74 Å². The molecule has 9 heteroatoms. The molecule has 0 aliphatic rings. The molecule has 0 unspecified atom stereocenters. The Morgan fingerprint density at radius 1 is 1.17 bits per heavy atom. The Morgan fingerprint density at radius 3 is 2.45 bits per heavy atom. The van der Waals surface area contributed by atoms with Crippen molar-refractivity contribution in [1.29, 1.82) is 0 Å². The second-order valence-corrected chi connectivity index (χ2v) is 7.10. The number of rotatable bonds is 10. The summed E-state index contributed by atoms with van der Waals surface area (Å²) >= 11 is 1.49. The first-order valence-electron chi connectivity index (χ1n) is 9.10. The lowest BCUT2D eigenvalue weighted by Crippen LogP contribution is -2.26. The van der Waals surface area contributed by atoms with Crippen molar-refractivity contribution in [2.75, 3.05) is 19.9 Å². The molecule has 1 N–H and O–H groups in total. The first-order valence-corrected chi connectivity index (χ1v) is 10.3. The van der Waals surface area contributed by atoms with Crippen LogP contribution in [0.2, 0.25) is 0 Å². The first kappa shape index (κ1) is 22.9. The third-order valence-electron chi connectivity index (χ3n) is 4.36. The third-order valence-corrected chi connectivity index (χ3v) is 4.91. The number of nitrogens with zero attached hydrogens (tertiary/aromatic N) is 2. The molecule has 1 amide bonds. The van der Waals surface area contributed by atoms with Crippen LogP contribution in [0.4, 0.5) is 8.78 Å². The number of halogens is 2. The third kappa shape index (κ3) is 6.85. The summed E-state index contributed by atoms with van der Waals surface area (Å²) in [5.74, 6) is 0.125.